The Labute approximate surface area is 167 Å². The number of benzene rings is 2. The van der Waals surface area contributed by atoms with Crippen molar-refractivity contribution in [3.05, 3.63) is 64.4 Å². The summed E-state index contributed by atoms with van der Waals surface area (Å²) >= 11 is 1.23. The molecule has 1 amide bonds. The van der Waals surface area contributed by atoms with Crippen LogP contribution in [0, 0.1) is 0 Å². The average molecular weight is 395 g/mol. The Morgan fingerprint density at radius 1 is 1.18 bits per heavy atom. The number of carbonyl (C=O) groups excluding carboxylic acids is 2. The third-order valence-corrected chi connectivity index (χ3v) is 5.42. The highest BCUT2D eigenvalue weighted by molar-refractivity contribution is 8.00. The van der Waals surface area contributed by atoms with Crippen LogP contribution in [0.1, 0.15) is 31.1 Å². The minimum atomic E-state index is -0.480. The van der Waals surface area contributed by atoms with E-state index in [4.69, 9.17) is 0 Å². The van der Waals surface area contributed by atoms with E-state index >= 15 is 0 Å². The van der Waals surface area contributed by atoms with Crippen molar-refractivity contribution in [2.75, 3.05) is 5.32 Å². The van der Waals surface area contributed by atoms with Gasteiger partial charge in [-0.25, -0.2) is 4.98 Å². The molecule has 3 rings (SSSR count). The van der Waals surface area contributed by atoms with Gasteiger partial charge in [0.1, 0.15) is 0 Å². The number of thioether (sulfide) groups is 1. The zero-order chi connectivity index (χ0) is 20.3. The first-order valence-corrected chi connectivity index (χ1v) is 9.86. The first-order chi connectivity index (χ1) is 13.4. The molecule has 0 saturated heterocycles. The minimum Gasteiger partial charge on any atom is -0.325 e. The molecule has 0 radical (unpaired) electrons. The molecule has 1 heterocycles. The van der Waals surface area contributed by atoms with E-state index in [2.05, 4.69) is 10.3 Å². The summed E-state index contributed by atoms with van der Waals surface area (Å²) in [5.74, 6) is -0.290. The number of hydrogen-bond acceptors (Lipinski definition) is 5. The van der Waals surface area contributed by atoms with Crippen molar-refractivity contribution >= 4 is 40.0 Å². The number of fused-ring (bicyclic) bond motifs is 1. The molecule has 28 heavy (non-hydrogen) atoms. The predicted octanol–water partition coefficient (Wildman–Crippen LogP) is 3.74. The molecular formula is C21H21N3O3S. The Kier molecular flexibility index (Phi) is 5.94. The molecule has 7 heteroatoms. The summed E-state index contributed by atoms with van der Waals surface area (Å²) in [4.78, 5) is 41.4. The fourth-order valence-electron chi connectivity index (χ4n) is 2.79. The van der Waals surface area contributed by atoms with E-state index in [-0.39, 0.29) is 17.2 Å². The van der Waals surface area contributed by atoms with Gasteiger partial charge in [0, 0.05) is 17.8 Å². The Hall–Kier alpha value is -2.93. The molecular weight excluding hydrogens is 374 g/mol. The third kappa shape index (κ3) is 4.14. The third-order valence-electron chi connectivity index (χ3n) is 4.33. The van der Waals surface area contributed by atoms with Crippen LogP contribution in [0.4, 0.5) is 5.69 Å². The van der Waals surface area contributed by atoms with Gasteiger partial charge in [0.15, 0.2) is 10.9 Å². The molecule has 1 N–H and O–H groups in total. The van der Waals surface area contributed by atoms with Crippen LogP contribution in [0.3, 0.4) is 0 Å². The first-order valence-electron chi connectivity index (χ1n) is 8.98. The molecule has 0 aliphatic heterocycles. The van der Waals surface area contributed by atoms with Crippen molar-refractivity contribution < 1.29 is 9.59 Å². The number of carbonyl (C=O) groups is 2. The summed E-state index contributed by atoms with van der Waals surface area (Å²) in [5, 5.41) is 3.41. The second-order valence-electron chi connectivity index (χ2n) is 6.35. The Bertz CT molecular complexity index is 1110. The molecule has 0 spiro atoms. The number of para-hydroxylation sites is 1. The van der Waals surface area contributed by atoms with E-state index in [1.165, 1.54) is 18.7 Å². The lowest BCUT2D eigenvalue weighted by Crippen LogP contribution is -2.26. The topological polar surface area (TPSA) is 81.1 Å². The van der Waals surface area contributed by atoms with Gasteiger partial charge < -0.3 is 5.32 Å². The molecule has 0 aliphatic carbocycles. The van der Waals surface area contributed by atoms with Gasteiger partial charge in [0.25, 0.3) is 5.56 Å². The first kappa shape index (κ1) is 19.8. The number of anilines is 1. The molecule has 144 valence electrons. The average Bonchev–Trinajstić information content (AvgIpc) is 2.68. The minimum absolute atomic E-state index is 0.0640. The van der Waals surface area contributed by atoms with E-state index in [0.717, 1.165) is 0 Å². The number of amides is 1. The summed E-state index contributed by atoms with van der Waals surface area (Å²) in [6.45, 7) is 5.58. The number of ketones is 1. The molecule has 3 aromatic rings. The van der Waals surface area contributed by atoms with Crippen LogP contribution in [0.25, 0.3) is 10.9 Å². The van der Waals surface area contributed by atoms with Gasteiger partial charge in [-0.05, 0) is 45.0 Å². The molecule has 0 aliphatic rings. The fraction of sp³-hybridized carbons (Fsp3) is 0.238. The van der Waals surface area contributed by atoms with Crippen LogP contribution in [0.5, 0.6) is 0 Å². The zero-order valence-corrected chi connectivity index (χ0v) is 16.7. The quantitative estimate of drug-likeness (QED) is 0.391. The second-order valence-corrected chi connectivity index (χ2v) is 7.66. The summed E-state index contributed by atoms with van der Waals surface area (Å²) in [6, 6.07) is 14.0. The number of nitrogens with zero attached hydrogens (tertiary/aromatic N) is 2. The van der Waals surface area contributed by atoms with E-state index in [0.29, 0.717) is 33.9 Å². The largest absolute Gasteiger partial charge is 0.325 e. The van der Waals surface area contributed by atoms with Crippen molar-refractivity contribution in [1.82, 2.24) is 9.55 Å². The standard InChI is InChI=1S/C21H21N3O3S/c1-4-24-20(27)17-10-5-6-11-18(17)23-21(24)28-14(3)19(26)22-16-9-7-8-15(12-16)13(2)25/h5-12,14H,4H2,1-3H3,(H,22,26)/t14-/m1/s1. The van der Waals surface area contributed by atoms with Crippen LogP contribution in [-0.4, -0.2) is 26.5 Å². The summed E-state index contributed by atoms with van der Waals surface area (Å²) in [5.41, 5.74) is 1.59. The van der Waals surface area contributed by atoms with Gasteiger partial charge in [-0.2, -0.15) is 0 Å². The van der Waals surface area contributed by atoms with E-state index in [1.54, 1.807) is 47.9 Å². The maximum atomic E-state index is 12.7. The van der Waals surface area contributed by atoms with Crippen molar-refractivity contribution in [2.24, 2.45) is 0 Å². The predicted molar refractivity (Wildman–Crippen MR) is 112 cm³/mol. The summed E-state index contributed by atoms with van der Waals surface area (Å²) < 4.78 is 1.58. The highest BCUT2D eigenvalue weighted by Crippen LogP contribution is 2.24. The number of rotatable bonds is 6. The zero-order valence-electron chi connectivity index (χ0n) is 15.9. The van der Waals surface area contributed by atoms with Crippen LogP contribution < -0.4 is 10.9 Å². The second kappa shape index (κ2) is 8.39. The smallest absolute Gasteiger partial charge is 0.262 e. The molecule has 0 bridgehead atoms. The van der Waals surface area contributed by atoms with E-state index < -0.39 is 5.25 Å². The molecule has 0 saturated carbocycles. The molecule has 6 nitrogen and oxygen atoms in total. The molecule has 0 unspecified atom stereocenters. The lowest BCUT2D eigenvalue weighted by Gasteiger charge is -2.15. The van der Waals surface area contributed by atoms with E-state index in [9.17, 15) is 14.4 Å². The monoisotopic (exact) mass is 395 g/mol. The maximum Gasteiger partial charge on any atom is 0.262 e. The molecule has 1 aromatic heterocycles. The van der Waals surface area contributed by atoms with E-state index in [1.807, 2.05) is 19.1 Å². The van der Waals surface area contributed by atoms with Crippen molar-refractivity contribution in [1.29, 1.82) is 0 Å². The van der Waals surface area contributed by atoms with Gasteiger partial charge in [0.2, 0.25) is 5.91 Å². The SMILES string of the molecule is CCn1c(S[C@H](C)C(=O)Nc2cccc(C(C)=O)c2)nc2ccccc2c1=O. The summed E-state index contributed by atoms with van der Waals surface area (Å²) in [7, 11) is 0. The highest BCUT2D eigenvalue weighted by atomic mass is 32.2. The van der Waals surface area contributed by atoms with Gasteiger partial charge >= 0.3 is 0 Å². The lowest BCUT2D eigenvalue weighted by atomic mass is 10.1. The van der Waals surface area contributed by atoms with Gasteiger partial charge in [-0.3, -0.25) is 19.0 Å². The number of Topliss-reactive ketones (excluding diaryl/α,β-unsaturated/α-hetero) is 1. The number of hydrogen-bond donors (Lipinski definition) is 1. The number of aromatic nitrogens is 2. The molecule has 2 aromatic carbocycles. The van der Waals surface area contributed by atoms with Crippen LogP contribution in [-0.2, 0) is 11.3 Å². The molecule has 0 fully saturated rings. The van der Waals surface area contributed by atoms with Gasteiger partial charge in [-0.1, -0.05) is 36.0 Å². The maximum absolute atomic E-state index is 12.7. The lowest BCUT2D eigenvalue weighted by molar-refractivity contribution is -0.115. The number of nitrogens with one attached hydrogen (secondary N) is 1. The Balaban J connectivity index is 1.83. The highest BCUT2D eigenvalue weighted by Gasteiger charge is 2.19. The summed E-state index contributed by atoms with van der Waals surface area (Å²) in [6.07, 6.45) is 0. The van der Waals surface area contributed by atoms with Crippen LogP contribution in [0.2, 0.25) is 0 Å². The van der Waals surface area contributed by atoms with Crippen LogP contribution in [0.15, 0.2) is 58.5 Å². The van der Waals surface area contributed by atoms with Crippen molar-refractivity contribution in [3.63, 3.8) is 0 Å². The van der Waals surface area contributed by atoms with Crippen molar-refractivity contribution in [2.45, 2.75) is 37.7 Å². The molecule has 1 atom stereocenters. The Morgan fingerprint density at radius 3 is 2.64 bits per heavy atom. The Morgan fingerprint density at radius 2 is 1.93 bits per heavy atom. The van der Waals surface area contributed by atoms with Gasteiger partial charge in [0.05, 0.1) is 16.2 Å². The van der Waals surface area contributed by atoms with Crippen molar-refractivity contribution in [3.8, 4) is 0 Å². The van der Waals surface area contributed by atoms with Crippen LogP contribution >= 0.6 is 11.8 Å². The van der Waals surface area contributed by atoms with Gasteiger partial charge in [-0.15, -0.1) is 0 Å². The normalized spacial score (nSPS) is 12.0. The fourth-order valence-corrected chi connectivity index (χ4v) is 3.76.